The zero-order valence-electron chi connectivity index (χ0n) is 14.1. The minimum Gasteiger partial charge on any atom is -0.497 e. The van der Waals surface area contributed by atoms with E-state index in [0.29, 0.717) is 23.7 Å². The Labute approximate surface area is 141 Å². The van der Waals surface area contributed by atoms with Gasteiger partial charge >= 0.3 is 0 Å². The van der Waals surface area contributed by atoms with E-state index in [9.17, 15) is 4.79 Å². The summed E-state index contributed by atoms with van der Waals surface area (Å²) in [5.41, 5.74) is 1.59. The van der Waals surface area contributed by atoms with Crippen LogP contribution < -0.4 is 24.8 Å². The Hall–Kier alpha value is -2.73. The highest BCUT2D eigenvalue weighted by atomic mass is 16.5. The summed E-state index contributed by atoms with van der Waals surface area (Å²) in [6, 6.07) is 12.9. The zero-order valence-corrected chi connectivity index (χ0v) is 14.1. The molecule has 0 heterocycles. The van der Waals surface area contributed by atoms with Crippen molar-refractivity contribution in [3.63, 3.8) is 0 Å². The van der Waals surface area contributed by atoms with E-state index in [1.807, 2.05) is 24.3 Å². The second-order valence-electron chi connectivity index (χ2n) is 5.03. The van der Waals surface area contributed by atoms with Crippen molar-refractivity contribution in [2.24, 2.45) is 0 Å². The molecule has 24 heavy (non-hydrogen) atoms. The third-order valence-corrected chi connectivity index (χ3v) is 3.48. The topological polar surface area (TPSA) is 68.8 Å². The first-order chi connectivity index (χ1) is 11.7. The summed E-state index contributed by atoms with van der Waals surface area (Å²) in [6.07, 6.45) is 0. The maximum absolute atomic E-state index is 12.1. The molecular weight excluding hydrogens is 308 g/mol. The summed E-state index contributed by atoms with van der Waals surface area (Å²) in [6.45, 7) is 0.713. The second kappa shape index (κ2) is 8.79. The lowest BCUT2D eigenvalue weighted by Crippen LogP contribution is -2.28. The molecule has 6 nitrogen and oxygen atoms in total. The molecule has 0 fully saturated rings. The van der Waals surface area contributed by atoms with E-state index >= 15 is 0 Å². The van der Waals surface area contributed by atoms with Gasteiger partial charge in [-0.15, -0.1) is 0 Å². The molecule has 6 heteroatoms. The molecule has 0 radical (unpaired) electrons. The number of methoxy groups -OCH3 is 3. The molecule has 2 aromatic carbocycles. The van der Waals surface area contributed by atoms with Crippen molar-refractivity contribution < 1.29 is 19.0 Å². The van der Waals surface area contributed by atoms with Gasteiger partial charge in [0, 0.05) is 18.2 Å². The van der Waals surface area contributed by atoms with Gasteiger partial charge in [-0.3, -0.25) is 4.79 Å². The van der Waals surface area contributed by atoms with Gasteiger partial charge in [0.15, 0.2) is 0 Å². The van der Waals surface area contributed by atoms with E-state index in [4.69, 9.17) is 14.2 Å². The molecule has 0 aliphatic carbocycles. The Balaban J connectivity index is 1.89. The molecule has 0 aliphatic heterocycles. The quantitative estimate of drug-likeness (QED) is 0.778. The molecule has 2 aromatic rings. The highest BCUT2D eigenvalue weighted by molar-refractivity contribution is 5.93. The number of anilines is 1. The van der Waals surface area contributed by atoms with Crippen LogP contribution in [0.1, 0.15) is 5.56 Å². The van der Waals surface area contributed by atoms with Gasteiger partial charge in [-0.2, -0.15) is 0 Å². The second-order valence-corrected chi connectivity index (χ2v) is 5.03. The van der Waals surface area contributed by atoms with E-state index in [1.165, 1.54) is 0 Å². The summed E-state index contributed by atoms with van der Waals surface area (Å²) in [5.74, 6) is 1.85. The van der Waals surface area contributed by atoms with Crippen LogP contribution in [0, 0.1) is 0 Å². The lowest BCUT2D eigenvalue weighted by molar-refractivity contribution is -0.115. The van der Waals surface area contributed by atoms with Gasteiger partial charge in [0.25, 0.3) is 0 Å². The first-order valence-electron chi connectivity index (χ1n) is 7.52. The van der Waals surface area contributed by atoms with Gasteiger partial charge in [-0.05, 0) is 18.2 Å². The van der Waals surface area contributed by atoms with Crippen molar-refractivity contribution in [2.45, 2.75) is 6.54 Å². The molecule has 0 saturated heterocycles. The van der Waals surface area contributed by atoms with Crippen LogP contribution in [0.15, 0.2) is 42.5 Å². The number of hydrogen-bond acceptors (Lipinski definition) is 5. The SMILES string of the molecule is COc1ccc(NC(=O)CNCc2ccccc2OC)c(OC)c1. The van der Waals surface area contributed by atoms with E-state index in [-0.39, 0.29) is 12.5 Å². The molecule has 0 aromatic heterocycles. The van der Waals surface area contributed by atoms with Crippen LogP contribution in [-0.4, -0.2) is 33.8 Å². The van der Waals surface area contributed by atoms with Gasteiger partial charge in [-0.25, -0.2) is 0 Å². The normalized spacial score (nSPS) is 10.1. The Kier molecular flexibility index (Phi) is 6.45. The number of ether oxygens (including phenoxy) is 3. The van der Waals surface area contributed by atoms with Crippen molar-refractivity contribution >= 4 is 11.6 Å². The number of hydrogen-bond donors (Lipinski definition) is 2. The highest BCUT2D eigenvalue weighted by Gasteiger charge is 2.09. The molecule has 0 spiro atoms. The van der Waals surface area contributed by atoms with Crippen LogP contribution in [0.5, 0.6) is 17.2 Å². The Morgan fingerprint density at radius 3 is 2.42 bits per heavy atom. The Morgan fingerprint density at radius 1 is 0.958 bits per heavy atom. The van der Waals surface area contributed by atoms with Crippen molar-refractivity contribution in [1.82, 2.24) is 5.32 Å². The van der Waals surface area contributed by atoms with Crippen molar-refractivity contribution in [3.8, 4) is 17.2 Å². The van der Waals surface area contributed by atoms with Crippen molar-refractivity contribution in [2.75, 3.05) is 33.2 Å². The number of carbonyl (C=O) groups is 1. The maximum Gasteiger partial charge on any atom is 0.238 e. The average Bonchev–Trinajstić information content (AvgIpc) is 2.62. The number of rotatable bonds is 8. The van der Waals surface area contributed by atoms with Gasteiger partial charge in [0.05, 0.1) is 33.6 Å². The van der Waals surface area contributed by atoms with Crippen LogP contribution in [-0.2, 0) is 11.3 Å². The summed E-state index contributed by atoms with van der Waals surface area (Å²) >= 11 is 0. The Bertz CT molecular complexity index is 688. The first kappa shape index (κ1) is 17.6. The molecule has 0 aliphatic rings. The van der Waals surface area contributed by atoms with Crippen LogP contribution in [0.25, 0.3) is 0 Å². The number of para-hydroxylation sites is 1. The van der Waals surface area contributed by atoms with Crippen LogP contribution in [0.4, 0.5) is 5.69 Å². The summed E-state index contributed by atoms with van der Waals surface area (Å²) in [7, 11) is 4.75. The minimum atomic E-state index is -0.159. The highest BCUT2D eigenvalue weighted by Crippen LogP contribution is 2.28. The molecule has 1 amide bonds. The molecule has 0 unspecified atom stereocenters. The zero-order chi connectivity index (χ0) is 17.4. The third kappa shape index (κ3) is 4.63. The molecule has 2 N–H and O–H groups in total. The van der Waals surface area contributed by atoms with E-state index in [2.05, 4.69) is 10.6 Å². The molecule has 128 valence electrons. The van der Waals surface area contributed by atoms with Gasteiger partial charge in [-0.1, -0.05) is 18.2 Å². The first-order valence-corrected chi connectivity index (χ1v) is 7.52. The predicted molar refractivity (Wildman–Crippen MR) is 92.9 cm³/mol. The fraction of sp³-hybridized carbons (Fsp3) is 0.278. The lowest BCUT2D eigenvalue weighted by atomic mass is 10.2. The predicted octanol–water partition coefficient (Wildman–Crippen LogP) is 2.44. The third-order valence-electron chi connectivity index (χ3n) is 3.48. The summed E-state index contributed by atoms with van der Waals surface area (Å²) in [5, 5.41) is 5.91. The van der Waals surface area contributed by atoms with Gasteiger partial charge in [0.2, 0.25) is 5.91 Å². The number of nitrogens with one attached hydrogen (secondary N) is 2. The van der Waals surface area contributed by atoms with Crippen LogP contribution in [0.3, 0.4) is 0 Å². The molecule has 2 rings (SSSR count). The molecule has 0 atom stereocenters. The number of benzene rings is 2. The van der Waals surface area contributed by atoms with Crippen molar-refractivity contribution in [3.05, 3.63) is 48.0 Å². The number of amides is 1. The standard InChI is InChI=1S/C18H22N2O4/c1-22-14-8-9-15(17(10-14)24-3)20-18(21)12-19-11-13-6-4-5-7-16(13)23-2/h4-10,19H,11-12H2,1-3H3,(H,20,21). The van der Waals surface area contributed by atoms with Gasteiger partial charge in [0.1, 0.15) is 17.2 Å². The molecular formula is C18H22N2O4. The van der Waals surface area contributed by atoms with Gasteiger partial charge < -0.3 is 24.8 Å². The summed E-state index contributed by atoms with van der Waals surface area (Å²) in [4.78, 5) is 12.1. The maximum atomic E-state index is 12.1. The molecule has 0 bridgehead atoms. The van der Waals surface area contributed by atoms with Crippen LogP contribution >= 0.6 is 0 Å². The van der Waals surface area contributed by atoms with E-state index < -0.39 is 0 Å². The Morgan fingerprint density at radius 2 is 1.71 bits per heavy atom. The fourth-order valence-electron chi connectivity index (χ4n) is 2.26. The largest absolute Gasteiger partial charge is 0.497 e. The van der Waals surface area contributed by atoms with Crippen LogP contribution in [0.2, 0.25) is 0 Å². The van der Waals surface area contributed by atoms with Crippen molar-refractivity contribution in [1.29, 1.82) is 0 Å². The van der Waals surface area contributed by atoms with E-state index in [0.717, 1.165) is 11.3 Å². The summed E-state index contributed by atoms with van der Waals surface area (Å²) < 4.78 is 15.7. The molecule has 0 saturated carbocycles. The monoisotopic (exact) mass is 330 g/mol. The number of carbonyl (C=O) groups excluding carboxylic acids is 1. The fourth-order valence-corrected chi connectivity index (χ4v) is 2.26. The average molecular weight is 330 g/mol. The smallest absolute Gasteiger partial charge is 0.238 e. The lowest BCUT2D eigenvalue weighted by Gasteiger charge is -2.12. The minimum absolute atomic E-state index is 0.159. The van der Waals surface area contributed by atoms with E-state index in [1.54, 1.807) is 39.5 Å².